The van der Waals surface area contributed by atoms with Gasteiger partial charge in [0, 0.05) is 36.3 Å². The highest BCUT2D eigenvalue weighted by atomic mass is 35.5. The van der Waals surface area contributed by atoms with E-state index in [2.05, 4.69) is 4.98 Å². The fourth-order valence-corrected chi connectivity index (χ4v) is 5.23. The molecule has 2 fully saturated rings. The Kier molecular flexibility index (Phi) is 7.94. The molecule has 0 N–H and O–H groups in total. The summed E-state index contributed by atoms with van der Waals surface area (Å²) < 4.78 is 32.5. The molecule has 2 aromatic carbocycles. The Bertz CT molecular complexity index is 1640. The molecule has 4 heterocycles. The fraction of sp³-hybridized carbons (Fsp3) is 0.333. The van der Waals surface area contributed by atoms with Crippen LogP contribution in [0.1, 0.15) is 28.2 Å². The molecule has 6 rings (SSSR count). The van der Waals surface area contributed by atoms with Gasteiger partial charge in [-0.25, -0.2) is 14.2 Å². The molecule has 2 aromatic heterocycles. The van der Waals surface area contributed by atoms with E-state index in [1.54, 1.807) is 47.4 Å². The molecular formula is C30H29ClFN5O5. The molecule has 218 valence electrons. The number of imidazole rings is 1. The minimum Gasteiger partial charge on any atom is -0.473 e. The zero-order valence-corrected chi connectivity index (χ0v) is 23.7. The highest BCUT2D eigenvalue weighted by molar-refractivity contribution is 6.30. The summed E-state index contributed by atoms with van der Waals surface area (Å²) >= 11 is 5.83. The maximum Gasteiger partial charge on any atom is 0.337 e. The quantitative estimate of drug-likeness (QED) is 0.266. The first-order valence-corrected chi connectivity index (χ1v) is 14.0. The lowest BCUT2D eigenvalue weighted by Crippen LogP contribution is -2.50. The van der Waals surface area contributed by atoms with Crippen LogP contribution < -0.4 is 9.64 Å². The third kappa shape index (κ3) is 5.88. The van der Waals surface area contributed by atoms with Gasteiger partial charge in [0.05, 0.1) is 49.4 Å². The Hall–Kier alpha value is -4.22. The molecule has 12 heteroatoms. The highest BCUT2D eigenvalue weighted by Gasteiger charge is 2.28. The summed E-state index contributed by atoms with van der Waals surface area (Å²) in [6, 6.07) is 15.0. The van der Waals surface area contributed by atoms with Gasteiger partial charge in [0.2, 0.25) is 11.8 Å². The van der Waals surface area contributed by atoms with Gasteiger partial charge in [-0.3, -0.25) is 4.79 Å². The number of pyridine rings is 1. The van der Waals surface area contributed by atoms with Crippen LogP contribution in [-0.4, -0.2) is 70.8 Å². The largest absolute Gasteiger partial charge is 0.473 e. The van der Waals surface area contributed by atoms with Crippen LogP contribution in [0.3, 0.4) is 0 Å². The summed E-state index contributed by atoms with van der Waals surface area (Å²) in [5.74, 6) is 0.728. The van der Waals surface area contributed by atoms with Crippen LogP contribution in [0, 0.1) is 5.82 Å². The SMILES string of the molecule is COC(=O)c1ccc2nc(CN3CCN(c4cccc(OCc5ccc(Cl)cc5F)n4)CC3=O)n(CC3CCO3)c2c1. The number of halogens is 2. The Morgan fingerprint density at radius 1 is 1.14 bits per heavy atom. The second-order valence-electron chi connectivity index (χ2n) is 10.2. The minimum absolute atomic E-state index is 0.000182. The first kappa shape index (κ1) is 27.9. The number of aromatic nitrogens is 3. The van der Waals surface area contributed by atoms with Crippen LogP contribution in [0.15, 0.2) is 54.6 Å². The van der Waals surface area contributed by atoms with Crippen LogP contribution in [0.2, 0.25) is 5.02 Å². The minimum atomic E-state index is -0.446. The van der Waals surface area contributed by atoms with E-state index in [-0.39, 0.29) is 25.2 Å². The van der Waals surface area contributed by atoms with E-state index in [0.29, 0.717) is 54.0 Å². The van der Waals surface area contributed by atoms with E-state index >= 15 is 0 Å². The maximum absolute atomic E-state index is 14.1. The third-order valence-corrected chi connectivity index (χ3v) is 7.74. The summed E-state index contributed by atoms with van der Waals surface area (Å²) in [5, 5.41) is 0.317. The van der Waals surface area contributed by atoms with Crippen LogP contribution >= 0.6 is 11.6 Å². The van der Waals surface area contributed by atoms with Crippen LogP contribution in [0.4, 0.5) is 10.2 Å². The van der Waals surface area contributed by atoms with Gasteiger partial charge >= 0.3 is 5.97 Å². The maximum atomic E-state index is 14.1. The lowest BCUT2D eigenvalue weighted by atomic mass is 10.1. The molecule has 2 saturated heterocycles. The molecule has 42 heavy (non-hydrogen) atoms. The first-order chi connectivity index (χ1) is 20.4. The monoisotopic (exact) mass is 593 g/mol. The lowest BCUT2D eigenvalue weighted by molar-refractivity contribution is -0.131. The Morgan fingerprint density at radius 3 is 2.74 bits per heavy atom. The topological polar surface area (TPSA) is 99.0 Å². The van der Waals surface area contributed by atoms with Crippen molar-refractivity contribution in [2.24, 2.45) is 0 Å². The van der Waals surface area contributed by atoms with Crippen LogP contribution in [-0.2, 0) is 34.0 Å². The van der Waals surface area contributed by atoms with E-state index in [0.717, 1.165) is 29.9 Å². The highest BCUT2D eigenvalue weighted by Crippen LogP contribution is 2.25. The molecule has 0 radical (unpaired) electrons. The number of methoxy groups -OCH3 is 1. The number of hydrogen-bond donors (Lipinski definition) is 0. The summed E-state index contributed by atoms with van der Waals surface area (Å²) in [6.45, 7) is 2.80. The van der Waals surface area contributed by atoms with Crippen molar-refractivity contribution in [3.05, 3.63) is 82.4 Å². The van der Waals surface area contributed by atoms with Crippen molar-refractivity contribution in [3.8, 4) is 5.88 Å². The van der Waals surface area contributed by atoms with Crippen molar-refractivity contribution in [1.82, 2.24) is 19.4 Å². The van der Waals surface area contributed by atoms with Crippen molar-refractivity contribution in [1.29, 1.82) is 0 Å². The normalized spacial score (nSPS) is 16.9. The van der Waals surface area contributed by atoms with Gasteiger partial charge < -0.3 is 28.6 Å². The van der Waals surface area contributed by atoms with Gasteiger partial charge in [0.25, 0.3) is 0 Å². The Labute approximate surface area is 246 Å². The summed E-state index contributed by atoms with van der Waals surface area (Å²) in [6.07, 6.45) is 1.00. The van der Waals surface area contributed by atoms with Gasteiger partial charge in [-0.1, -0.05) is 23.7 Å². The average molecular weight is 594 g/mol. The van der Waals surface area contributed by atoms with Crippen molar-refractivity contribution in [3.63, 3.8) is 0 Å². The van der Waals surface area contributed by atoms with E-state index in [4.69, 9.17) is 30.8 Å². The van der Waals surface area contributed by atoms with E-state index in [9.17, 15) is 14.0 Å². The Morgan fingerprint density at radius 2 is 2.00 bits per heavy atom. The van der Waals surface area contributed by atoms with Gasteiger partial charge in [-0.15, -0.1) is 0 Å². The van der Waals surface area contributed by atoms with Crippen LogP contribution in [0.5, 0.6) is 5.88 Å². The molecule has 1 amide bonds. The number of fused-ring (bicyclic) bond motifs is 1. The van der Waals surface area contributed by atoms with E-state index in [1.165, 1.54) is 13.2 Å². The predicted octanol–water partition coefficient (Wildman–Crippen LogP) is 4.23. The molecule has 0 bridgehead atoms. The number of nitrogens with zero attached hydrogens (tertiary/aromatic N) is 5. The number of anilines is 1. The summed E-state index contributed by atoms with van der Waals surface area (Å²) in [7, 11) is 1.35. The van der Waals surface area contributed by atoms with Gasteiger partial charge in [-0.05, 0) is 42.8 Å². The standard InChI is InChI=1S/C30H29ClFN5O5/c1-40-30(39)19-6-8-24-25(13-19)37(15-22-9-12-41-22)27(33-24)16-36-11-10-35(17-29(36)38)26-3-2-4-28(34-26)42-18-20-5-7-21(31)14-23(20)32/h2-8,13-14,22H,9-12,15-18H2,1H3. The number of hydrogen-bond acceptors (Lipinski definition) is 8. The average Bonchev–Trinajstić information content (AvgIpc) is 3.31. The first-order valence-electron chi connectivity index (χ1n) is 13.6. The predicted molar refractivity (Wildman–Crippen MR) is 153 cm³/mol. The lowest BCUT2D eigenvalue weighted by Gasteiger charge is -2.35. The number of benzene rings is 2. The van der Waals surface area contributed by atoms with E-state index in [1.807, 2.05) is 15.5 Å². The molecular weight excluding hydrogens is 565 g/mol. The number of amides is 1. The van der Waals surface area contributed by atoms with Gasteiger partial charge in [-0.2, -0.15) is 4.98 Å². The number of carbonyl (C=O) groups excluding carboxylic acids is 2. The fourth-order valence-electron chi connectivity index (χ4n) is 5.07. The molecule has 0 aliphatic carbocycles. The third-order valence-electron chi connectivity index (χ3n) is 7.50. The zero-order chi connectivity index (χ0) is 29.2. The zero-order valence-electron chi connectivity index (χ0n) is 23.0. The summed E-state index contributed by atoms with van der Waals surface area (Å²) in [4.78, 5) is 38.5. The molecule has 1 atom stereocenters. The molecule has 0 spiro atoms. The Balaban J connectivity index is 1.14. The van der Waals surface area contributed by atoms with Crippen molar-refractivity contribution in [2.45, 2.75) is 32.2 Å². The second-order valence-corrected chi connectivity index (χ2v) is 10.6. The number of esters is 1. The number of rotatable bonds is 9. The number of carbonyl (C=O) groups is 2. The smallest absolute Gasteiger partial charge is 0.337 e. The van der Waals surface area contributed by atoms with Crippen molar-refractivity contribution in [2.75, 3.05) is 38.3 Å². The molecule has 1 unspecified atom stereocenters. The van der Waals surface area contributed by atoms with E-state index < -0.39 is 11.8 Å². The molecule has 2 aliphatic heterocycles. The van der Waals surface area contributed by atoms with Crippen LogP contribution in [0.25, 0.3) is 11.0 Å². The number of ether oxygens (including phenoxy) is 3. The molecule has 0 saturated carbocycles. The number of piperazine rings is 1. The van der Waals surface area contributed by atoms with Crippen molar-refractivity contribution >= 4 is 40.3 Å². The summed E-state index contributed by atoms with van der Waals surface area (Å²) in [5.41, 5.74) is 2.34. The van der Waals surface area contributed by atoms with Crippen molar-refractivity contribution < 1.29 is 28.2 Å². The molecule has 4 aromatic rings. The van der Waals surface area contributed by atoms with Gasteiger partial charge in [0.15, 0.2) is 0 Å². The van der Waals surface area contributed by atoms with Gasteiger partial charge in [0.1, 0.15) is 24.1 Å². The molecule has 2 aliphatic rings. The second kappa shape index (κ2) is 11.9. The molecule has 10 nitrogen and oxygen atoms in total.